The third-order valence-electron chi connectivity index (χ3n) is 13.5. The highest BCUT2D eigenvalue weighted by Crippen LogP contribution is 2.47. The van der Waals surface area contributed by atoms with Crippen molar-refractivity contribution in [1.82, 2.24) is 9.13 Å². The van der Waals surface area contributed by atoms with Crippen LogP contribution in [0, 0.1) is 0 Å². The Morgan fingerprint density at radius 2 is 0.766 bits per heavy atom. The van der Waals surface area contributed by atoms with E-state index in [1.807, 2.05) is 6.07 Å². The molecule has 3 heterocycles. The standard InChI is InChI=1S/C60H37N3O/c1-2-15-38(16-3-1)62-53-24-11-8-21-47(53)49-33-30-41(37-57(49)62)63-54-25-12-9-22-48(54)52-36-40(31-34-55(52)63)61(56-26-14-28-59-60(56)50-23-10-13-27-58(50)64-59)39-29-32-46-44-19-5-4-17-42(44)43-18-6-7-20-45(43)51(46)35-39/h1-37H. The van der Waals surface area contributed by atoms with Gasteiger partial charge in [0.25, 0.3) is 0 Å². The number of furan rings is 1. The molecule has 0 aliphatic rings. The quantitative estimate of drug-likeness (QED) is 0.162. The van der Waals surface area contributed by atoms with Crippen LogP contribution in [-0.4, -0.2) is 9.13 Å². The SMILES string of the molecule is c1ccc(-n2c3ccccc3c3ccc(-n4c5ccccc5c5cc(N(c6ccc7c8ccccc8c8ccccc8c7c6)c6cccc7oc8ccccc8c67)ccc54)cc32)cc1. The molecule has 0 unspecified atom stereocenters. The van der Waals surface area contributed by atoms with Gasteiger partial charge in [0.2, 0.25) is 0 Å². The number of rotatable bonds is 5. The molecule has 298 valence electrons. The second-order valence-electron chi connectivity index (χ2n) is 16.8. The van der Waals surface area contributed by atoms with Crippen LogP contribution in [0.5, 0.6) is 0 Å². The van der Waals surface area contributed by atoms with E-state index in [2.05, 4.69) is 232 Å². The fourth-order valence-electron chi connectivity index (χ4n) is 10.7. The maximum Gasteiger partial charge on any atom is 0.137 e. The summed E-state index contributed by atoms with van der Waals surface area (Å²) in [7, 11) is 0. The number of fused-ring (bicyclic) bond motifs is 15. The molecule has 64 heavy (non-hydrogen) atoms. The molecular formula is C60H37N3O. The van der Waals surface area contributed by atoms with Crippen molar-refractivity contribution in [2.45, 2.75) is 0 Å². The van der Waals surface area contributed by atoms with Gasteiger partial charge in [0, 0.05) is 49.7 Å². The molecule has 11 aromatic carbocycles. The highest BCUT2D eigenvalue weighted by atomic mass is 16.3. The average molecular weight is 816 g/mol. The van der Waals surface area contributed by atoms with Crippen LogP contribution in [0.3, 0.4) is 0 Å². The Labute approximate surface area is 367 Å². The molecule has 0 saturated carbocycles. The predicted molar refractivity (Wildman–Crippen MR) is 270 cm³/mol. The van der Waals surface area contributed by atoms with Gasteiger partial charge in [0.15, 0.2) is 0 Å². The number of hydrogen-bond acceptors (Lipinski definition) is 2. The lowest BCUT2D eigenvalue weighted by molar-refractivity contribution is 0.669. The number of nitrogens with zero attached hydrogens (tertiary/aromatic N) is 3. The summed E-state index contributed by atoms with van der Waals surface area (Å²) < 4.78 is 11.4. The van der Waals surface area contributed by atoms with E-state index in [0.29, 0.717) is 0 Å². The summed E-state index contributed by atoms with van der Waals surface area (Å²) in [5.74, 6) is 0. The molecule has 0 bridgehead atoms. The van der Waals surface area contributed by atoms with Crippen LogP contribution in [0.25, 0.3) is 109 Å². The first-order chi connectivity index (χ1) is 31.8. The molecule has 14 rings (SSSR count). The van der Waals surface area contributed by atoms with Gasteiger partial charge < -0.3 is 18.5 Å². The number of hydrogen-bond donors (Lipinski definition) is 0. The van der Waals surface area contributed by atoms with E-state index >= 15 is 0 Å². The smallest absolute Gasteiger partial charge is 0.137 e. The topological polar surface area (TPSA) is 26.2 Å². The molecule has 0 spiro atoms. The van der Waals surface area contributed by atoms with E-state index < -0.39 is 0 Å². The zero-order chi connectivity index (χ0) is 41.9. The summed E-state index contributed by atoms with van der Waals surface area (Å²) in [6, 6.07) is 81.6. The van der Waals surface area contributed by atoms with Crippen LogP contribution in [0.2, 0.25) is 0 Å². The van der Waals surface area contributed by atoms with Gasteiger partial charge in [0.1, 0.15) is 11.2 Å². The Bertz CT molecular complexity index is 4170. The molecule has 4 nitrogen and oxygen atoms in total. The molecule has 4 heteroatoms. The van der Waals surface area contributed by atoms with E-state index in [0.717, 1.165) is 61.4 Å². The summed E-state index contributed by atoms with van der Waals surface area (Å²) in [4.78, 5) is 2.43. The molecule has 0 atom stereocenters. The van der Waals surface area contributed by atoms with Crippen molar-refractivity contribution in [2.75, 3.05) is 4.90 Å². The monoisotopic (exact) mass is 815 g/mol. The highest BCUT2D eigenvalue weighted by molar-refractivity contribution is 6.26. The third kappa shape index (κ3) is 4.99. The third-order valence-corrected chi connectivity index (χ3v) is 13.5. The van der Waals surface area contributed by atoms with E-state index in [1.54, 1.807) is 0 Å². The lowest BCUT2D eigenvalue weighted by atomic mass is 9.94. The van der Waals surface area contributed by atoms with Crippen LogP contribution in [0.4, 0.5) is 17.1 Å². The first-order valence-electron chi connectivity index (χ1n) is 21.9. The second-order valence-corrected chi connectivity index (χ2v) is 16.8. The summed E-state index contributed by atoms with van der Waals surface area (Å²) >= 11 is 0. The summed E-state index contributed by atoms with van der Waals surface area (Å²) in [5, 5.41) is 14.5. The Kier molecular flexibility index (Phi) is 7.36. The first-order valence-corrected chi connectivity index (χ1v) is 21.9. The lowest BCUT2D eigenvalue weighted by Crippen LogP contribution is -2.10. The van der Waals surface area contributed by atoms with Gasteiger partial charge in [-0.1, -0.05) is 140 Å². The van der Waals surface area contributed by atoms with Gasteiger partial charge in [-0.3, -0.25) is 0 Å². The largest absolute Gasteiger partial charge is 0.456 e. The molecule has 0 aliphatic carbocycles. The van der Waals surface area contributed by atoms with Crippen LogP contribution in [0.1, 0.15) is 0 Å². The minimum Gasteiger partial charge on any atom is -0.456 e. The van der Waals surface area contributed by atoms with Gasteiger partial charge in [-0.25, -0.2) is 0 Å². The van der Waals surface area contributed by atoms with Crippen LogP contribution < -0.4 is 4.90 Å². The number of aromatic nitrogens is 2. The van der Waals surface area contributed by atoms with Crippen molar-refractivity contribution in [2.24, 2.45) is 0 Å². The van der Waals surface area contributed by atoms with Crippen molar-refractivity contribution < 1.29 is 4.42 Å². The van der Waals surface area contributed by atoms with Crippen molar-refractivity contribution in [3.63, 3.8) is 0 Å². The normalized spacial score (nSPS) is 12.1. The zero-order valence-corrected chi connectivity index (χ0v) is 34.6. The van der Waals surface area contributed by atoms with E-state index in [4.69, 9.17) is 4.42 Å². The van der Waals surface area contributed by atoms with Crippen LogP contribution in [-0.2, 0) is 0 Å². The number of para-hydroxylation sites is 4. The minimum atomic E-state index is 0.863. The molecule has 0 N–H and O–H groups in total. The molecule has 0 fully saturated rings. The molecule has 0 aliphatic heterocycles. The number of anilines is 3. The van der Waals surface area contributed by atoms with E-state index in [1.165, 1.54) is 64.9 Å². The lowest BCUT2D eigenvalue weighted by Gasteiger charge is -2.27. The average Bonchev–Trinajstić information content (AvgIpc) is 4.02. The van der Waals surface area contributed by atoms with Gasteiger partial charge in [-0.2, -0.15) is 0 Å². The van der Waals surface area contributed by atoms with Crippen molar-refractivity contribution >= 4 is 115 Å². The Morgan fingerprint density at radius 1 is 0.281 bits per heavy atom. The molecular weight excluding hydrogens is 779 g/mol. The van der Waals surface area contributed by atoms with Crippen molar-refractivity contribution in [3.8, 4) is 11.4 Å². The minimum absolute atomic E-state index is 0.863. The van der Waals surface area contributed by atoms with Gasteiger partial charge in [0.05, 0.1) is 33.1 Å². The summed E-state index contributed by atoms with van der Waals surface area (Å²) in [5.41, 5.74) is 11.9. The van der Waals surface area contributed by atoms with E-state index in [-0.39, 0.29) is 0 Å². The molecule has 14 aromatic rings. The van der Waals surface area contributed by atoms with Crippen LogP contribution in [0.15, 0.2) is 229 Å². The molecule has 0 radical (unpaired) electrons. The van der Waals surface area contributed by atoms with Gasteiger partial charge >= 0.3 is 0 Å². The van der Waals surface area contributed by atoms with Crippen molar-refractivity contribution in [1.29, 1.82) is 0 Å². The van der Waals surface area contributed by atoms with Crippen LogP contribution >= 0.6 is 0 Å². The Morgan fingerprint density at radius 3 is 1.48 bits per heavy atom. The second kappa shape index (κ2) is 13.4. The maximum atomic E-state index is 6.53. The van der Waals surface area contributed by atoms with Crippen molar-refractivity contribution in [3.05, 3.63) is 224 Å². The van der Waals surface area contributed by atoms with Gasteiger partial charge in [-0.05, 0) is 117 Å². The molecule has 3 aromatic heterocycles. The fourth-order valence-corrected chi connectivity index (χ4v) is 10.7. The Hall–Kier alpha value is -8.60. The zero-order valence-electron chi connectivity index (χ0n) is 34.6. The fraction of sp³-hybridized carbons (Fsp3) is 0. The maximum absolute atomic E-state index is 6.53. The Balaban J connectivity index is 1.03. The summed E-state index contributed by atoms with van der Waals surface area (Å²) in [6.07, 6.45) is 0. The molecule has 0 amide bonds. The number of benzene rings is 11. The first kappa shape index (κ1) is 35.0. The van der Waals surface area contributed by atoms with E-state index in [9.17, 15) is 0 Å². The highest BCUT2D eigenvalue weighted by Gasteiger charge is 2.23. The predicted octanol–water partition coefficient (Wildman–Crippen LogP) is 16.7. The summed E-state index contributed by atoms with van der Waals surface area (Å²) in [6.45, 7) is 0. The van der Waals surface area contributed by atoms with Gasteiger partial charge in [-0.15, -0.1) is 0 Å². The molecule has 0 saturated heterocycles.